The highest BCUT2D eigenvalue weighted by Crippen LogP contribution is 2.26. The Labute approximate surface area is 132 Å². The number of pyridine rings is 1. The van der Waals surface area contributed by atoms with Crippen molar-refractivity contribution < 1.29 is 18.8 Å². The lowest BCUT2D eigenvalue weighted by Crippen LogP contribution is -2.04. The Morgan fingerprint density at radius 2 is 1.96 bits per heavy atom. The molecule has 0 aliphatic heterocycles. The molecule has 0 amide bonds. The second-order valence-corrected chi connectivity index (χ2v) is 4.04. The molecule has 7 nitrogen and oxygen atoms in total. The number of esters is 1. The number of benzene rings is 1. The highest BCUT2D eigenvalue weighted by atomic mass is 19.1. The van der Waals surface area contributed by atoms with Crippen LogP contribution in [-0.4, -0.2) is 23.0 Å². The van der Waals surface area contributed by atoms with Crippen molar-refractivity contribution in [2.45, 2.75) is 13.8 Å². The molecule has 1 aromatic heterocycles. The maximum Gasteiger partial charge on any atom is 0.340 e. The molecular formula is C15H16FN3O4. The summed E-state index contributed by atoms with van der Waals surface area (Å²) in [7, 11) is 1.15. The number of nitrogens with zero attached hydrogens (tertiary/aromatic N) is 2. The number of nitro groups is 1. The zero-order chi connectivity index (χ0) is 17.6. The van der Waals surface area contributed by atoms with Gasteiger partial charge in [-0.2, -0.15) is 0 Å². The highest BCUT2D eigenvalue weighted by molar-refractivity contribution is 5.90. The van der Waals surface area contributed by atoms with E-state index in [9.17, 15) is 19.3 Å². The van der Waals surface area contributed by atoms with Crippen LogP contribution in [0.4, 0.5) is 15.9 Å². The summed E-state index contributed by atoms with van der Waals surface area (Å²) in [6.07, 6.45) is 0. The van der Waals surface area contributed by atoms with Gasteiger partial charge in [-0.15, -0.1) is 0 Å². The van der Waals surface area contributed by atoms with Crippen molar-refractivity contribution in [1.82, 2.24) is 4.98 Å². The van der Waals surface area contributed by atoms with E-state index in [0.717, 1.165) is 13.2 Å². The number of ether oxygens (including phenoxy) is 1. The van der Waals surface area contributed by atoms with Gasteiger partial charge >= 0.3 is 11.7 Å². The van der Waals surface area contributed by atoms with Crippen molar-refractivity contribution in [2.75, 3.05) is 12.8 Å². The lowest BCUT2D eigenvalue weighted by molar-refractivity contribution is -0.384. The summed E-state index contributed by atoms with van der Waals surface area (Å²) in [5.74, 6) is -1.84. The molecule has 0 fully saturated rings. The first kappa shape index (κ1) is 18.0. The van der Waals surface area contributed by atoms with Crippen molar-refractivity contribution in [1.29, 1.82) is 0 Å². The van der Waals surface area contributed by atoms with Gasteiger partial charge in [0.25, 0.3) is 0 Å². The molecule has 0 radical (unpaired) electrons. The Morgan fingerprint density at radius 1 is 1.30 bits per heavy atom. The first-order chi connectivity index (χ1) is 10.9. The van der Waals surface area contributed by atoms with Crippen LogP contribution in [0.25, 0.3) is 11.3 Å². The number of carbonyl (C=O) groups excluding carboxylic acids is 1. The second-order valence-electron chi connectivity index (χ2n) is 4.04. The van der Waals surface area contributed by atoms with Gasteiger partial charge in [-0.25, -0.2) is 14.2 Å². The third kappa shape index (κ3) is 4.00. The molecule has 0 saturated heterocycles. The van der Waals surface area contributed by atoms with E-state index in [1.807, 2.05) is 13.8 Å². The largest absolute Gasteiger partial charge is 0.465 e. The first-order valence-corrected chi connectivity index (χ1v) is 6.73. The molecular weight excluding hydrogens is 305 g/mol. The molecule has 0 bridgehead atoms. The molecule has 0 saturated carbocycles. The number of hydrogen-bond donors (Lipinski definition) is 1. The Balaban J connectivity index is 0.00000127. The van der Waals surface area contributed by atoms with E-state index in [2.05, 4.69) is 9.72 Å². The van der Waals surface area contributed by atoms with Gasteiger partial charge in [0.05, 0.1) is 23.3 Å². The molecule has 0 aliphatic rings. The van der Waals surface area contributed by atoms with Crippen LogP contribution in [0, 0.1) is 15.9 Å². The highest BCUT2D eigenvalue weighted by Gasteiger charge is 2.16. The van der Waals surface area contributed by atoms with Gasteiger partial charge in [-0.05, 0) is 18.2 Å². The Morgan fingerprint density at radius 3 is 2.43 bits per heavy atom. The average molecular weight is 321 g/mol. The van der Waals surface area contributed by atoms with Crippen LogP contribution < -0.4 is 5.73 Å². The number of rotatable bonds is 3. The van der Waals surface area contributed by atoms with Crippen LogP contribution in [0.15, 0.2) is 30.3 Å². The Bertz CT molecular complexity index is 735. The topological polar surface area (TPSA) is 108 Å². The maximum atomic E-state index is 13.8. The summed E-state index contributed by atoms with van der Waals surface area (Å²) in [4.78, 5) is 25.1. The van der Waals surface area contributed by atoms with Crippen molar-refractivity contribution >= 4 is 17.5 Å². The summed E-state index contributed by atoms with van der Waals surface area (Å²) < 4.78 is 18.2. The number of halogens is 1. The number of nitrogens with two attached hydrogens (primary N) is 1. The zero-order valence-electron chi connectivity index (χ0n) is 12.9. The van der Waals surface area contributed by atoms with Crippen LogP contribution >= 0.6 is 0 Å². The van der Waals surface area contributed by atoms with Gasteiger partial charge in [0, 0.05) is 11.6 Å². The second kappa shape index (κ2) is 7.83. The fraction of sp³-hybridized carbons (Fsp3) is 0.200. The predicted octanol–water partition coefficient (Wildman–Crippen LogP) is 3.19. The van der Waals surface area contributed by atoms with E-state index >= 15 is 0 Å². The summed E-state index contributed by atoms with van der Waals surface area (Å²) in [5.41, 5.74) is 5.53. The van der Waals surface area contributed by atoms with E-state index in [0.29, 0.717) is 5.56 Å². The summed E-state index contributed by atoms with van der Waals surface area (Å²) in [5, 5.41) is 10.7. The van der Waals surface area contributed by atoms with Crippen molar-refractivity contribution in [2.24, 2.45) is 0 Å². The average Bonchev–Trinajstić information content (AvgIpc) is 2.55. The molecule has 1 heterocycles. The third-order valence-electron chi connectivity index (χ3n) is 2.77. The van der Waals surface area contributed by atoms with Gasteiger partial charge < -0.3 is 10.5 Å². The fourth-order valence-electron chi connectivity index (χ4n) is 1.73. The summed E-state index contributed by atoms with van der Waals surface area (Å²) >= 11 is 0. The minimum Gasteiger partial charge on any atom is -0.465 e. The molecule has 122 valence electrons. The van der Waals surface area contributed by atoms with Gasteiger partial charge in [0.2, 0.25) is 5.82 Å². The molecule has 0 atom stereocenters. The number of hydrogen-bond acceptors (Lipinski definition) is 6. The van der Waals surface area contributed by atoms with Crippen LogP contribution in [0.3, 0.4) is 0 Å². The fourth-order valence-corrected chi connectivity index (χ4v) is 1.73. The Kier molecular flexibility index (Phi) is 6.13. The normalized spacial score (nSPS) is 9.57. The minimum atomic E-state index is -0.796. The lowest BCUT2D eigenvalue weighted by atomic mass is 10.1. The van der Waals surface area contributed by atoms with Crippen molar-refractivity contribution in [3.63, 3.8) is 0 Å². The number of methoxy groups -OCH3 is 1. The van der Waals surface area contributed by atoms with E-state index in [4.69, 9.17) is 5.73 Å². The molecule has 8 heteroatoms. The Hall–Kier alpha value is -3.03. The third-order valence-corrected chi connectivity index (χ3v) is 2.77. The van der Waals surface area contributed by atoms with Crippen LogP contribution in [-0.2, 0) is 4.74 Å². The zero-order valence-corrected chi connectivity index (χ0v) is 12.9. The van der Waals surface area contributed by atoms with Gasteiger partial charge in [-0.1, -0.05) is 19.9 Å². The van der Waals surface area contributed by atoms with Crippen LogP contribution in [0.2, 0.25) is 0 Å². The van der Waals surface area contributed by atoms with E-state index in [1.165, 1.54) is 24.3 Å². The standard InChI is InChI=1S/C13H10FN3O4.C2H6/c1-21-13(18)8-3-2-7(6-9(8)14)10-4-5-11(17(19)20)12(15)16-10;1-2/h2-6H,1H3,(H2,15,16);1-2H3. The molecule has 1 aromatic carbocycles. The summed E-state index contributed by atoms with van der Waals surface area (Å²) in [6.45, 7) is 4.00. The molecule has 2 N–H and O–H groups in total. The quantitative estimate of drug-likeness (QED) is 0.528. The SMILES string of the molecule is CC.COC(=O)c1ccc(-c2ccc([N+](=O)[O-])c(N)n2)cc1F. The number of carbonyl (C=O) groups is 1. The van der Waals surface area contributed by atoms with E-state index < -0.39 is 16.7 Å². The van der Waals surface area contributed by atoms with Gasteiger partial charge in [0.15, 0.2) is 0 Å². The molecule has 2 rings (SSSR count). The molecule has 23 heavy (non-hydrogen) atoms. The number of nitrogen functional groups attached to an aromatic ring is 1. The molecule has 0 unspecified atom stereocenters. The monoisotopic (exact) mass is 321 g/mol. The maximum absolute atomic E-state index is 13.8. The smallest absolute Gasteiger partial charge is 0.340 e. The van der Waals surface area contributed by atoms with Gasteiger partial charge in [-0.3, -0.25) is 10.1 Å². The first-order valence-electron chi connectivity index (χ1n) is 6.73. The number of aromatic nitrogens is 1. The molecule has 0 aliphatic carbocycles. The number of anilines is 1. The van der Waals surface area contributed by atoms with Crippen LogP contribution in [0.1, 0.15) is 24.2 Å². The minimum absolute atomic E-state index is 0.212. The van der Waals surface area contributed by atoms with Gasteiger partial charge in [0.1, 0.15) is 5.82 Å². The molecule has 0 spiro atoms. The predicted molar refractivity (Wildman–Crippen MR) is 83.4 cm³/mol. The van der Waals surface area contributed by atoms with Crippen molar-refractivity contribution in [3.05, 3.63) is 51.8 Å². The van der Waals surface area contributed by atoms with Crippen LogP contribution in [0.5, 0.6) is 0 Å². The van der Waals surface area contributed by atoms with E-state index in [-0.39, 0.29) is 22.8 Å². The van der Waals surface area contributed by atoms with E-state index in [1.54, 1.807) is 0 Å². The molecule has 2 aromatic rings. The van der Waals surface area contributed by atoms with Crippen molar-refractivity contribution in [3.8, 4) is 11.3 Å². The lowest BCUT2D eigenvalue weighted by Gasteiger charge is -2.05. The summed E-state index contributed by atoms with van der Waals surface area (Å²) in [6, 6.07) is 6.31.